The summed E-state index contributed by atoms with van der Waals surface area (Å²) in [5, 5.41) is 6.19. The van der Waals surface area contributed by atoms with Crippen molar-refractivity contribution in [3.63, 3.8) is 0 Å². The van der Waals surface area contributed by atoms with Crippen LogP contribution in [0.15, 0.2) is 77.7 Å². The van der Waals surface area contributed by atoms with Gasteiger partial charge in [-0.15, -0.1) is 0 Å². The lowest BCUT2D eigenvalue weighted by Gasteiger charge is -2.14. The second kappa shape index (κ2) is 9.82. The first kappa shape index (κ1) is 22.6. The number of sulfonamides is 1. The molecule has 0 spiro atoms. The average Bonchev–Trinajstić information content (AvgIpc) is 2.74. The average molecular weight is 460 g/mol. The Morgan fingerprint density at radius 3 is 2.45 bits per heavy atom. The molecule has 0 unspecified atom stereocenters. The minimum absolute atomic E-state index is 0.0733. The number of ether oxygens (including phenoxy) is 1. The molecule has 0 heterocycles. The summed E-state index contributed by atoms with van der Waals surface area (Å²) in [6, 6.07) is 20.4. The maximum absolute atomic E-state index is 12.4. The second-order valence-corrected chi connectivity index (χ2v) is 9.36. The quantitative estimate of drug-likeness (QED) is 0.520. The van der Waals surface area contributed by atoms with Crippen molar-refractivity contribution in [1.82, 2.24) is 4.31 Å². The van der Waals surface area contributed by atoms with Crippen molar-refractivity contribution in [2.24, 2.45) is 0 Å². The number of para-hydroxylation sites is 1. The van der Waals surface area contributed by atoms with Crippen LogP contribution >= 0.6 is 11.6 Å². The summed E-state index contributed by atoms with van der Waals surface area (Å²) >= 11 is 6.09. The molecule has 0 atom stereocenters. The molecule has 0 fully saturated rings. The molecule has 0 aliphatic rings. The van der Waals surface area contributed by atoms with Crippen molar-refractivity contribution in [2.75, 3.05) is 31.3 Å². The van der Waals surface area contributed by atoms with Crippen LogP contribution in [0, 0.1) is 0 Å². The van der Waals surface area contributed by atoms with Crippen LogP contribution in [0.5, 0.6) is 11.5 Å². The molecule has 9 heteroatoms. The van der Waals surface area contributed by atoms with E-state index in [1.54, 1.807) is 30.3 Å². The van der Waals surface area contributed by atoms with E-state index in [1.807, 2.05) is 30.3 Å². The minimum Gasteiger partial charge on any atom is -0.455 e. The normalized spacial score (nSPS) is 11.2. The summed E-state index contributed by atoms with van der Waals surface area (Å²) in [7, 11) is -0.697. The third kappa shape index (κ3) is 5.97. The minimum atomic E-state index is -3.60. The molecule has 3 aromatic rings. The lowest BCUT2D eigenvalue weighted by molar-refractivity contribution is -0.114. The number of nitrogens with zero attached hydrogens (tertiary/aromatic N) is 1. The summed E-state index contributed by atoms with van der Waals surface area (Å²) in [6.07, 6.45) is 0. The van der Waals surface area contributed by atoms with Gasteiger partial charge in [0.1, 0.15) is 5.75 Å². The molecule has 0 aliphatic heterocycles. The predicted molar refractivity (Wildman–Crippen MR) is 122 cm³/mol. The van der Waals surface area contributed by atoms with E-state index in [-0.39, 0.29) is 17.3 Å². The molecule has 31 heavy (non-hydrogen) atoms. The standard InChI is InChI=1S/C22H22ClN3O4S/c1-26(2)31(28,29)19-10-6-7-17(14-19)25-22(27)15-24-20-13-16(23)11-12-21(20)30-18-8-4-3-5-9-18/h3-14,24H,15H2,1-2H3,(H,25,27). The number of benzene rings is 3. The van der Waals surface area contributed by atoms with Gasteiger partial charge in [-0.25, -0.2) is 12.7 Å². The number of hydrogen-bond acceptors (Lipinski definition) is 5. The fourth-order valence-corrected chi connectivity index (χ4v) is 3.79. The third-order valence-electron chi connectivity index (χ3n) is 4.25. The number of carbonyl (C=O) groups is 1. The Kier molecular flexibility index (Phi) is 7.17. The molecule has 2 N–H and O–H groups in total. The molecule has 0 radical (unpaired) electrons. The lowest BCUT2D eigenvalue weighted by Crippen LogP contribution is -2.23. The Morgan fingerprint density at radius 2 is 1.74 bits per heavy atom. The number of anilines is 2. The highest BCUT2D eigenvalue weighted by Crippen LogP contribution is 2.31. The van der Waals surface area contributed by atoms with Crippen LogP contribution in [-0.4, -0.2) is 39.3 Å². The van der Waals surface area contributed by atoms with Gasteiger partial charge in [0.05, 0.1) is 17.1 Å². The van der Waals surface area contributed by atoms with Crippen LogP contribution in [0.2, 0.25) is 5.02 Å². The van der Waals surface area contributed by atoms with E-state index in [4.69, 9.17) is 16.3 Å². The Hall–Kier alpha value is -3.07. The highest BCUT2D eigenvalue weighted by atomic mass is 35.5. The van der Waals surface area contributed by atoms with E-state index in [0.717, 1.165) is 4.31 Å². The first-order valence-electron chi connectivity index (χ1n) is 9.34. The van der Waals surface area contributed by atoms with Crippen LogP contribution in [-0.2, 0) is 14.8 Å². The van der Waals surface area contributed by atoms with Gasteiger partial charge in [-0.1, -0.05) is 35.9 Å². The van der Waals surface area contributed by atoms with Gasteiger partial charge in [0, 0.05) is 24.8 Å². The van der Waals surface area contributed by atoms with Crippen molar-refractivity contribution in [2.45, 2.75) is 4.90 Å². The monoisotopic (exact) mass is 459 g/mol. The van der Waals surface area contributed by atoms with E-state index in [0.29, 0.717) is 27.9 Å². The molecule has 0 bridgehead atoms. The van der Waals surface area contributed by atoms with Crippen LogP contribution < -0.4 is 15.4 Å². The Bertz CT molecular complexity index is 1170. The second-order valence-electron chi connectivity index (χ2n) is 6.77. The number of hydrogen-bond donors (Lipinski definition) is 2. The first-order valence-corrected chi connectivity index (χ1v) is 11.2. The van der Waals surface area contributed by atoms with Gasteiger partial charge in [-0.2, -0.15) is 0 Å². The fourth-order valence-electron chi connectivity index (χ4n) is 2.67. The van der Waals surface area contributed by atoms with Crippen molar-refractivity contribution < 1.29 is 17.9 Å². The maximum Gasteiger partial charge on any atom is 0.243 e. The molecule has 0 saturated heterocycles. The zero-order valence-corrected chi connectivity index (χ0v) is 18.6. The number of rotatable bonds is 8. The predicted octanol–water partition coefficient (Wildman–Crippen LogP) is 4.43. The van der Waals surface area contributed by atoms with Gasteiger partial charge < -0.3 is 15.4 Å². The van der Waals surface area contributed by atoms with Crippen molar-refractivity contribution in [3.05, 3.63) is 77.8 Å². The molecular formula is C22H22ClN3O4S. The SMILES string of the molecule is CN(C)S(=O)(=O)c1cccc(NC(=O)CNc2cc(Cl)ccc2Oc2ccccc2)c1. The summed E-state index contributed by atoms with van der Waals surface area (Å²) in [6.45, 7) is -0.0733. The van der Waals surface area contributed by atoms with Gasteiger partial charge in [0.2, 0.25) is 15.9 Å². The van der Waals surface area contributed by atoms with Crippen LogP contribution in [0.3, 0.4) is 0 Å². The van der Waals surface area contributed by atoms with E-state index < -0.39 is 10.0 Å². The van der Waals surface area contributed by atoms with E-state index >= 15 is 0 Å². The third-order valence-corrected chi connectivity index (χ3v) is 6.29. The number of nitrogens with one attached hydrogen (secondary N) is 2. The highest BCUT2D eigenvalue weighted by Gasteiger charge is 2.17. The largest absolute Gasteiger partial charge is 0.455 e. The summed E-state index contributed by atoms with van der Waals surface area (Å²) in [4.78, 5) is 12.5. The molecule has 3 rings (SSSR count). The molecule has 3 aromatic carbocycles. The molecule has 162 valence electrons. The lowest BCUT2D eigenvalue weighted by atomic mass is 10.2. The van der Waals surface area contributed by atoms with Crippen molar-refractivity contribution in [3.8, 4) is 11.5 Å². The van der Waals surface area contributed by atoms with Crippen LogP contribution in [0.25, 0.3) is 0 Å². The highest BCUT2D eigenvalue weighted by molar-refractivity contribution is 7.89. The van der Waals surface area contributed by atoms with Crippen molar-refractivity contribution in [1.29, 1.82) is 0 Å². The van der Waals surface area contributed by atoms with Gasteiger partial charge in [-0.05, 0) is 48.5 Å². The molecule has 1 amide bonds. The van der Waals surface area contributed by atoms with Gasteiger partial charge in [-0.3, -0.25) is 4.79 Å². The molecule has 0 saturated carbocycles. The van der Waals surface area contributed by atoms with Gasteiger partial charge in [0.25, 0.3) is 0 Å². The summed E-state index contributed by atoms with van der Waals surface area (Å²) in [5.41, 5.74) is 0.928. The zero-order chi connectivity index (χ0) is 22.4. The smallest absolute Gasteiger partial charge is 0.243 e. The maximum atomic E-state index is 12.4. The van der Waals surface area contributed by atoms with E-state index in [1.165, 1.54) is 26.2 Å². The number of amides is 1. The zero-order valence-electron chi connectivity index (χ0n) is 17.0. The van der Waals surface area contributed by atoms with Crippen LogP contribution in [0.4, 0.5) is 11.4 Å². The Morgan fingerprint density at radius 1 is 1.00 bits per heavy atom. The number of halogens is 1. The molecular weight excluding hydrogens is 438 g/mol. The summed E-state index contributed by atoms with van der Waals surface area (Å²) < 4.78 is 31.5. The fraction of sp³-hybridized carbons (Fsp3) is 0.136. The van der Waals surface area contributed by atoms with E-state index in [2.05, 4.69) is 10.6 Å². The number of carbonyl (C=O) groups excluding carboxylic acids is 1. The topological polar surface area (TPSA) is 87.7 Å². The van der Waals surface area contributed by atoms with Crippen LogP contribution in [0.1, 0.15) is 0 Å². The molecule has 7 nitrogen and oxygen atoms in total. The van der Waals surface area contributed by atoms with Gasteiger partial charge in [0.15, 0.2) is 5.75 Å². The summed E-state index contributed by atoms with van der Waals surface area (Å²) in [5.74, 6) is 0.809. The Labute approximate surface area is 186 Å². The van der Waals surface area contributed by atoms with Gasteiger partial charge >= 0.3 is 0 Å². The first-order chi connectivity index (χ1) is 14.8. The molecule has 0 aliphatic carbocycles. The van der Waals surface area contributed by atoms with E-state index in [9.17, 15) is 13.2 Å². The Balaban J connectivity index is 1.68. The molecule has 0 aromatic heterocycles. The van der Waals surface area contributed by atoms with Crippen molar-refractivity contribution >= 4 is 38.9 Å².